The molecule has 0 aliphatic carbocycles. The minimum atomic E-state index is 0.258. The maximum Gasteiger partial charge on any atom is 0.224 e. The van der Waals surface area contributed by atoms with Gasteiger partial charge in [0.25, 0.3) is 0 Å². The normalized spacial score (nSPS) is 18.4. The predicted molar refractivity (Wildman–Crippen MR) is 117 cm³/mol. The van der Waals surface area contributed by atoms with Crippen LogP contribution in [0.5, 0.6) is 0 Å². The second kappa shape index (κ2) is 10.00. The molecule has 4 rings (SSSR count). The highest BCUT2D eigenvalue weighted by atomic mass is 16.5. The number of pyridine rings is 2. The van der Waals surface area contributed by atoms with Crippen LogP contribution in [0, 0.1) is 6.92 Å². The topological polar surface area (TPSA) is 70.6 Å². The van der Waals surface area contributed by atoms with Gasteiger partial charge < -0.3 is 19.9 Å². The highest BCUT2D eigenvalue weighted by molar-refractivity contribution is 5.76. The highest BCUT2D eigenvalue weighted by Gasteiger charge is 2.23. The van der Waals surface area contributed by atoms with Gasteiger partial charge in [0.15, 0.2) is 0 Å². The molecular weight excluding hydrogens is 378 g/mol. The molecule has 4 heterocycles. The zero-order chi connectivity index (χ0) is 20.8. The van der Waals surface area contributed by atoms with E-state index >= 15 is 0 Å². The SMILES string of the molecule is Cc1cccc(Nc2ccc(C3CCN(CCC(=O)N4CCOCC4)CC3)nc2)n1. The van der Waals surface area contributed by atoms with E-state index in [9.17, 15) is 4.79 Å². The first-order valence-corrected chi connectivity index (χ1v) is 10.9. The van der Waals surface area contributed by atoms with Gasteiger partial charge in [-0.05, 0) is 57.1 Å². The number of likely N-dealkylation sites (tertiary alicyclic amines) is 1. The first kappa shape index (κ1) is 20.8. The minimum Gasteiger partial charge on any atom is -0.378 e. The Morgan fingerprint density at radius 1 is 1.13 bits per heavy atom. The summed E-state index contributed by atoms with van der Waals surface area (Å²) in [4.78, 5) is 25.8. The molecule has 0 radical (unpaired) electrons. The number of piperidine rings is 1. The summed E-state index contributed by atoms with van der Waals surface area (Å²) in [5.41, 5.74) is 3.10. The number of morpholine rings is 1. The Morgan fingerprint density at radius 2 is 1.93 bits per heavy atom. The number of aryl methyl sites for hydroxylation is 1. The maximum atomic E-state index is 12.3. The van der Waals surface area contributed by atoms with Crippen molar-refractivity contribution in [2.75, 3.05) is 51.3 Å². The summed E-state index contributed by atoms with van der Waals surface area (Å²) in [6.07, 6.45) is 4.68. The largest absolute Gasteiger partial charge is 0.378 e. The van der Waals surface area contributed by atoms with Crippen molar-refractivity contribution in [2.45, 2.75) is 32.1 Å². The van der Waals surface area contributed by atoms with E-state index in [1.165, 1.54) is 0 Å². The van der Waals surface area contributed by atoms with Gasteiger partial charge in [-0.2, -0.15) is 0 Å². The van der Waals surface area contributed by atoms with E-state index in [0.29, 0.717) is 25.6 Å². The number of rotatable bonds is 6. The molecule has 0 saturated carbocycles. The fraction of sp³-hybridized carbons (Fsp3) is 0.522. The molecular formula is C23H31N5O2. The summed E-state index contributed by atoms with van der Waals surface area (Å²) < 4.78 is 5.32. The summed E-state index contributed by atoms with van der Waals surface area (Å²) in [6.45, 7) is 7.68. The molecule has 2 aliphatic rings. The molecule has 2 aromatic heterocycles. The molecule has 1 N–H and O–H groups in total. The lowest BCUT2D eigenvalue weighted by atomic mass is 9.93. The van der Waals surface area contributed by atoms with Crippen LogP contribution in [0.3, 0.4) is 0 Å². The quantitative estimate of drug-likeness (QED) is 0.791. The van der Waals surface area contributed by atoms with Gasteiger partial charge in [-0.1, -0.05) is 6.07 Å². The molecule has 2 saturated heterocycles. The molecule has 160 valence electrons. The number of anilines is 2. The zero-order valence-corrected chi connectivity index (χ0v) is 17.7. The first-order valence-electron chi connectivity index (χ1n) is 10.9. The van der Waals surface area contributed by atoms with E-state index in [1.54, 1.807) is 0 Å². The van der Waals surface area contributed by atoms with Crippen molar-refractivity contribution >= 4 is 17.4 Å². The van der Waals surface area contributed by atoms with Crippen LogP contribution in [-0.2, 0) is 9.53 Å². The van der Waals surface area contributed by atoms with Gasteiger partial charge in [0.2, 0.25) is 5.91 Å². The van der Waals surface area contributed by atoms with Gasteiger partial charge in [-0.15, -0.1) is 0 Å². The van der Waals surface area contributed by atoms with E-state index in [1.807, 2.05) is 36.2 Å². The zero-order valence-electron chi connectivity index (χ0n) is 17.7. The van der Waals surface area contributed by atoms with E-state index in [2.05, 4.69) is 27.3 Å². The molecule has 7 nitrogen and oxygen atoms in total. The molecule has 2 fully saturated rings. The number of hydrogen-bond acceptors (Lipinski definition) is 6. The molecule has 0 aromatic carbocycles. The molecule has 0 atom stereocenters. The highest BCUT2D eigenvalue weighted by Crippen LogP contribution is 2.27. The Labute approximate surface area is 178 Å². The fourth-order valence-corrected chi connectivity index (χ4v) is 4.16. The predicted octanol–water partition coefficient (Wildman–Crippen LogP) is 2.96. The van der Waals surface area contributed by atoms with Crippen LogP contribution in [0.4, 0.5) is 11.5 Å². The number of carbonyl (C=O) groups is 1. The molecule has 1 amide bonds. The van der Waals surface area contributed by atoms with Crippen molar-refractivity contribution in [1.29, 1.82) is 0 Å². The Hall–Kier alpha value is -2.51. The van der Waals surface area contributed by atoms with Crippen LogP contribution in [0.2, 0.25) is 0 Å². The van der Waals surface area contributed by atoms with Crippen LogP contribution >= 0.6 is 0 Å². The third-order valence-corrected chi connectivity index (χ3v) is 5.96. The van der Waals surface area contributed by atoms with Gasteiger partial charge >= 0.3 is 0 Å². The standard InChI is InChI=1S/C23H31N5O2/c1-18-3-2-4-22(25-18)26-20-5-6-21(24-17-20)19-7-10-27(11-8-19)12-9-23(29)28-13-15-30-16-14-28/h2-6,17,19H,7-16H2,1H3,(H,25,26). The molecule has 7 heteroatoms. The van der Waals surface area contributed by atoms with Crippen molar-refractivity contribution in [3.63, 3.8) is 0 Å². The van der Waals surface area contributed by atoms with Crippen LogP contribution in [0.1, 0.15) is 36.6 Å². The van der Waals surface area contributed by atoms with Crippen molar-refractivity contribution in [3.05, 3.63) is 47.9 Å². The van der Waals surface area contributed by atoms with Gasteiger partial charge in [0.05, 0.1) is 25.1 Å². The third kappa shape index (κ3) is 5.55. The molecule has 0 bridgehead atoms. The lowest BCUT2D eigenvalue weighted by Crippen LogP contribution is -2.42. The average molecular weight is 410 g/mol. The van der Waals surface area contributed by atoms with Gasteiger partial charge in [0.1, 0.15) is 5.82 Å². The number of nitrogens with zero attached hydrogens (tertiary/aromatic N) is 4. The number of carbonyl (C=O) groups excluding carboxylic acids is 1. The van der Waals surface area contributed by atoms with Crippen molar-refractivity contribution in [1.82, 2.24) is 19.8 Å². The van der Waals surface area contributed by atoms with Crippen LogP contribution in [0.25, 0.3) is 0 Å². The smallest absolute Gasteiger partial charge is 0.224 e. The number of nitrogens with one attached hydrogen (secondary N) is 1. The maximum absolute atomic E-state index is 12.3. The minimum absolute atomic E-state index is 0.258. The molecule has 30 heavy (non-hydrogen) atoms. The van der Waals surface area contributed by atoms with Gasteiger partial charge in [0, 0.05) is 43.4 Å². The van der Waals surface area contributed by atoms with E-state index in [-0.39, 0.29) is 5.91 Å². The summed E-state index contributed by atoms with van der Waals surface area (Å²) >= 11 is 0. The number of hydrogen-bond donors (Lipinski definition) is 1. The monoisotopic (exact) mass is 409 g/mol. The molecule has 2 aliphatic heterocycles. The van der Waals surface area contributed by atoms with Crippen molar-refractivity contribution < 1.29 is 9.53 Å². The lowest BCUT2D eigenvalue weighted by Gasteiger charge is -2.32. The number of aromatic nitrogens is 2. The van der Waals surface area contributed by atoms with Crippen LogP contribution in [0.15, 0.2) is 36.5 Å². The van der Waals surface area contributed by atoms with Crippen molar-refractivity contribution in [3.8, 4) is 0 Å². The molecule has 0 spiro atoms. The molecule has 0 unspecified atom stereocenters. The Bertz CT molecular complexity index is 828. The summed E-state index contributed by atoms with van der Waals surface area (Å²) in [5, 5.41) is 3.31. The second-order valence-corrected chi connectivity index (χ2v) is 8.12. The number of ether oxygens (including phenoxy) is 1. The third-order valence-electron chi connectivity index (χ3n) is 5.96. The Kier molecular flexibility index (Phi) is 6.92. The van der Waals surface area contributed by atoms with E-state index < -0.39 is 0 Å². The molecule has 2 aromatic rings. The van der Waals surface area contributed by atoms with Gasteiger partial charge in [-0.25, -0.2) is 4.98 Å². The number of amides is 1. The summed E-state index contributed by atoms with van der Waals surface area (Å²) in [5.74, 6) is 1.58. The van der Waals surface area contributed by atoms with E-state index in [4.69, 9.17) is 9.72 Å². The van der Waals surface area contributed by atoms with Crippen LogP contribution in [-0.4, -0.2) is 71.6 Å². The first-order chi connectivity index (χ1) is 14.7. The summed E-state index contributed by atoms with van der Waals surface area (Å²) in [6, 6.07) is 10.1. The van der Waals surface area contributed by atoms with Gasteiger partial charge in [-0.3, -0.25) is 9.78 Å². The van der Waals surface area contributed by atoms with E-state index in [0.717, 1.165) is 68.5 Å². The summed E-state index contributed by atoms with van der Waals surface area (Å²) in [7, 11) is 0. The van der Waals surface area contributed by atoms with Crippen LogP contribution < -0.4 is 5.32 Å². The Balaban J connectivity index is 1.22. The van der Waals surface area contributed by atoms with Crippen molar-refractivity contribution in [2.24, 2.45) is 0 Å². The average Bonchev–Trinajstić information content (AvgIpc) is 2.79. The lowest BCUT2D eigenvalue weighted by molar-refractivity contribution is -0.135. The second-order valence-electron chi connectivity index (χ2n) is 8.12. The fourth-order valence-electron chi connectivity index (χ4n) is 4.16. The Morgan fingerprint density at radius 3 is 2.63 bits per heavy atom.